The van der Waals surface area contributed by atoms with Gasteiger partial charge in [0.1, 0.15) is 0 Å². The average molecular weight is 272 g/mol. The molecule has 1 saturated carbocycles. The molecule has 0 bridgehead atoms. The van der Waals surface area contributed by atoms with E-state index in [-0.39, 0.29) is 0 Å². The third-order valence-electron chi connectivity index (χ3n) is 5.56. The van der Waals surface area contributed by atoms with Crippen molar-refractivity contribution in [2.24, 2.45) is 17.1 Å². The summed E-state index contributed by atoms with van der Waals surface area (Å²) in [5, 5.41) is 0. The summed E-state index contributed by atoms with van der Waals surface area (Å²) >= 11 is 0. The molecule has 2 unspecified atom stereocenters. The first-order valence-electron chi connectivity index (χ1n) is 8.32. The van der Waals surface area contributed by atoms with Gasteiger partial charge in [-0.3, -0.25) is 4.98 Å². The van der Waals surface area contributed by atoms with Crippen molar-refractivity contribution in [1.29, 1.82) is 0 Å². The predicted molar refractivity (Wildman–Crippen MR) is 83.6 cm³/mol. The highest BCUT2D eigenvalue weighted by Gasteiger charge is 2.45. The number of pyridine rings is 1. The second kappa shape index (κ2) is 5.48. The van der Waals surface area contributed by atoms with Gasteiger partial charge in [-0.05, 0) is 55.1 Å². The molecule has 0 aliphatic heterocycles. The molecule has 0 spiro atoms. The normalized spacial score (nSPS) is 25.9. The fraction of sp³-hybridized carbons (Fsp3) is 0.722. The first kappa shape index (κ1) is 14.1. The van der Waals surface area contributed by atoms with Gasteiger partial charge in [0, 0.05) is 23.9 Å². The first-order valence-corrected chi connectivity index (χ1v) is 8.32. The Morgan fingerprint density at radius 1 is 1.35 bits per heavy atom. The van der Waals surface area contributed by atoms with E-state index in [9.17, 15) is 0 Å². The van der Waals surface area contributed by atoms with E-state index in [0.717, 1.165) is 5.92 Å². The monoisotopic (exact) mass is 272 g/mol. The zero-order valence-electron chi connectivity index (χ0n) is 12.9. The van der Waals surface area contributed by atoms with Crippen LogP contribution >= 0.6 is 0 Å². The summed E-state index contributed by atoms with van der Waals surface area (Å²) in [4.78, 5) is 4.66. The second-order valence-corrected chi connectivity index (χ2v) is 7.39. The lowest BCUT2D eigenvalue weighted by atomic mass is 9.68. The van der Waals surface area contributed by atoms with Gasteiger partial charge in [0.05, 0.1) is 0 Å². The molecule has 1 heterocycles. The van der Waals surface area contributed by atoms with E-state index in [1.807, 2.05) is 6.20 Å². The first-order chi connectivity index (χ1) is 9.62. The Hall–Kier alpha value is -0.890. The molecule has 2 N–H and O–H groups in total. The van der Waals surface area contributed by atoms with Crippen LogP contribution in [0.5, 0.6) is 0 Å². The van der Waals surface area contributed by atoms with Gasteiger partial charge in [0.2, 0.25) is 0 Å². The summed E-state index contributed by atoms with van der Waals surface area (Å²) in [5.41, 5.74) is 9.95. The van der Waals surface area contributed by atoms with Crippen LogP contribution < -0.4 is 5.73 Å². The molecular weight excluding hydrogens is 244 g/mol. The maximum Gasteiger partial charge on any atom is 0.0482 e. The van der Waals surface area contributed by atoms with Crippen LogP contribution in [0, 0.1) is 11.3 Å². The number of aryl methyl sites for hydroxylation is 1. The lowest BCUT2D eigenvalue weighted by Gasteiger charge is -2.40. The van der Waals surface area contributed by atoms with Crippen molar-refractivity contribution in [2.45, 2.75) is 70.8 Å². The van der Waals surface area contributed by atoms with Gasteiger partial charge in [0.25, 0.3) is 0 Å². The maximum absolute atomic E-state index is 6.84. The lowest BCUT2D eigenvalue weighted by molar-refractivity contribution is 0.160. The molecule has 0 saturated heterocycles. The smallest absolute Gasteiger partial charge is 0.0482 e. The van der Waals surface area contributed by atoms with Crippen LogP contribution in [0.2, 0.25) is 0 Å². The highest BCUT2D eigenvalue weighted by Crippen LogP contribution is 2.50. The Morgan fingerprint density at radius 2 is 2.10 bits per heavy atom. The zero-order valence-corrected chi connectivity index (χ0v) is 12.9. The van der Waals surface area contributed by atoms with Gasteiger partial charge in [-0.2, -0.15) is 0 Å². The SMILES string of the molecule is CC(C)CC1(C(N)C2CCc3cccnc32)CCCC1. The van der Waals surface area contributed by atoms with Crippen LogP contribution in [0.25, 0.3) is 0 Å². The molecule has 2 heteroatoms. The Labute approximate surface area is 123 Å². The fourth-order valence-electron chi connectivity index (χ4n) is 4.79. The van der Waals surface area contributed by atoms with E-state index < -0.39 is 0 Å². The number of aromatic nitrogens is 1. The third kappa shape index (κ3) is 2.39. The molecular formula is C18H28N2. The Kier molecular flexibility index (Phi) is 3.85. The molecule has 3 rings (SSSR count). The standard InChI is InChI=1S/C18H28N2/c1-13(2)12-18(9-3-4-10-18)17(19)15-8-7-14-6-5-11-20-16(14)15/h5-6,11,13,15,17H,3-4,7-10,12,19H2,1-2H3. The third-order valence-corrected chi connectivity index (χ3v) is 5.56. The summed E-state index contributed by atoms with van der Waals surface area (Å²) in [6, 6.07) is 4.59. The molecule has 1 fully saturated rings. The van der Waals surface area contributed by atoms with E-state index in [4.69, 9.17) is 5.73 Å². The van der Waals surface area contributed by atoms with Crippen LogP contribution in [0.3, 0.4) is 0 Å². The molecule has 2 atom stereocenters. The average Bonchev–Trinajstić information content (AvgIpc) is 3.04. The lowest BCUT2D eigenvalue weighted by Crippen LogP contribution is -2.44. The van der Waals surface area contributed by atoms with Crippen molar-refractivity contribution >= 4 is 0 Å². The topological polar surface area (TPSA) is 38.9 Å². The molecule has 2 aliphatic rings. The Balaban J connectivity index is 1.86. The van der Waals surface area contributed by atoms with Crippen molar-refractivity contribution in [3.63, 3.8) is 0 Å². The second-order valence-electron chi connectivity index (χ2n) is 7.39. The van der Waals surface area contributed by atoms with Crippen LogP contribution in [-0.2, 0) is 6.42 Å². The summed E-state index contributed by atoms with van der Waals surface area (Å²) in [7, 11) is 0. The number of nitrogens with two attached hydrogens (primary N) is 1. The van der Waals surface area contributed by atoms with Gasteiger partial charge in [-0.25, -0.2) is 0 Å². The van der Waals surface area contributed by atoms with Crippen LogP contribution in [0.15, 0.2) is 18.3 Å². The number of hydrogen-bond donors (Lipinski definition) is 1. The molecule has 110 valence electrons. The predicted octanol–water partition coefficient (Wildman–Crippen LogP) is 4.05. The summed E-state index contributed by atoms with van der Waals surface area (Å²) in [6.45, 7) is 4.68. The van der Waals surface area contributed by atoms with Crippen LogP contribution in [-0.4, -0.2) is 11.0 Å². The number of fused-ring (bicyclic) bond motifs is 1. The minimum absolute atomic E-state index is 0.295. The highest BCUT2D eigenvalue weighted by molar-refractivity contribution is 5.30. The van der Waals surface area contributed by atoms with Crippen LogP contribution in [0.4, 0.5) is 0 Å². The molecule has 2 aliphatic carbocycles. The number of rotatable bonds is 4. The van der Waals surface area contributed by atoms with Crippen molar-refractivity contribution in [3.8, 4) is 0 Å². The van der Waals surface area contributed by atoms with E-state index in [1.54, 1.807) is 0 Å². The highest BCUT2D eigenvalue weighted by atomic mass is 14.8. The summed E-state index contributed by atoms with van der Waals surface area (Å²) in [6.07, 6.45) is 11.0. The van der Waals surface area contributed by atoms with E-state index in [2.05, 4.69) is 31.0 Å². The Bertz CT molecular complexity index is 460. The van der Waals surface area contributed by atoms with Gasteiger partial charge in [-0.15, -0.1) is 0 Å². The largest absolute Gasteiger partial charge is 0.327 e. The molecule has 1 aromatic heterocycles. The molecule has 0 aromatic carbocycles. The number of nitrogens with zero attached hydrogens (tertiary/aromatic N) is 1. The maximum atomic E-state index is 6.84. The van der Waals surface area contributed by atoms with Crippen molar-refractivity contribution in [3.05, 3.63) is 29.6 Å². The van der Waals surface area contributed by atoms with E-state index in [1.165, 1.54) is 56.2 Å². The van der Waals surface area contributed by atoms with Gasteiger partial charge in [0.15, 0.2) is 0 Å². The molecule has 20 heavy (non-hydrogen) atoms. The molecule has 0 amide bonds. The van der Waals surface area contributed by atoms with Gasteiger partial charge >= 0.3 is 0 Å². The van der Waals surface area contributed by atoms with Gasteiger partial charge in [-0.1, -0.05) is 32.8 Å². The van der Waals surface area contributed by atoms with Crippen LogP contribution in [0.1, 0.15) is 69.5 Å². The molecule has 2 nitrogen and oxygen atoms in total. The number of hydrogen-bond acceptors (Lipinski definition) is 2. The van der Waals surface area contributed by atoms with Crippen molar-refractivity contribution < 1.29 is 0 Å². The summed E-state index contributed by atoms with van der Waals surface area (Å²) < 4.78 is 0. The van der Waals surface area contributed by atoms with Gasteiger partial charge < -0.3 is 5.73 Å². The van der Waals surface area contributed by atoms with E-state index >= 15 is 0 Å². The quantitative estimate of drug-likeness (QED) is 0.898. The fourth-order valence-corrected chi connectivity index (χ4v) is 4.79. The molecule has 0 radical (unpaired) electrons. The molecule has 1 aromatic rings. The Morgan fingerprint density at radius 3 is 2.80 bits per heavy atom. The zero-order chi connectivity index (χ0) is 14.2. The van der Waals surface area contributed by atoms with Crippen molar-refractivity contribution in [1.82, 2.24) is 4.98 Å². The minimum atomic E-state index is 0.295. The van der Waals surface area contributed by atoms with E-state index in [0.29, 0.717) is 17.4 Å². The summed E-state index contributed by atoms with van der Waals surface area (Å²) in [5.74, 6) is 1.23. The minimum Gasteiger partial charge on any atom is -0.327 e. The van der Waals surface area contributed by atoms with Crippen molar-refractivity contribution in [2.75, 3.05) is 0 Å².